The molecule has 0 bridgehead atoms. The number of hydrogen-bond donors (Lipinski definition) is 0. The van der Waals surface area contributed by atoms with E-state index >= 15 is 0 Å². The second kappa shape index (κ2) is 11.6. The average Bonchev–Trinajstić information content (AvgIpc) is 3.24. The standard InChI is InChI=1S/C23H26FN5O2S2/c1-16(26-31-11-12-32-23-25-27-28-29(23)2)17-3-5-21(6-4-17)33-22-14-19(13-20(24)15-22)18-7-9-30-10-8-18/h3-6,13-15,18H,7-12H2,1-2H3/b26-16+. The van der Waals surface area contributed by atoms with E-state index in [2.05, 4.69) is 26.7 Å². The fourth-order valence-electron chi connectivity index (χ4n) is 3.52. The van der Waals surface area contributed by atoms with Crippen LogP contribution < -0.4 is 0 Å². The lowest BCUT2D eigenvalue weighted by Gasteiger charge is -2.22. The van der Waals surface area contributed by atoms with Crippen molar-refractivity contribution >= 4 is 29.2 Å². The first-order valence-electron chi connectivity index (χ1n) is 10.8. The zero-order chi connectivity index (χ0) is 23.0. The maximum atomic E-state index is 14.2. The van der Waals surface area contributed by atoms with E-state index in [0.717, 1.165) is 57.8 Å². The largest absolute Gasteiger partial charge is 0.395 e. The first kappa shape index (κ1) is 23.7. The fourth-order valence-corrected chi connectivity index (χ4v) is 5.09. The van der Waals surface area contributed by atoms with Gasteiger partial charge in [0.1, 0.15) is 12.4 Å². The van der Waals surface area contributed by atoms with Gasteiger partial charge in [0.2, 0.25) is 5.16 Å². The number of nitrogens with zero attached hydrogens (tertiary/aromatic N) is 5. The van der Waals surface area contributed by atoms with Crippen LogP contribution in [-0.4, -0.2) is 51.5 Å². The minimum atomic E-state index is -0.188. The monoisotopic (exact) mass is 487 g/mol. The van der Waals surface area contributed by atoms with E-state index in [0.29, 0.717) is 18.3 Å². The smallest absolute Gasteiger partial charge is 0.209 e. The second-order valence-corrected chi connectivity index (χ2v) is 9.89. The molecular weight excluding hydrogens is 461 g/mol. The number of aryl methyl sites for hydroxylation is 1. The summed E-state index contributed by atoms with van der Waals surface area (Å²) in [5, 5.41) is 16.2. The van der Waals surface area contributed by atoms with Crippen LogP contribution in [0.2, 0.25) is 0 Å². The number of halogens is 1. The SMILES string of the molecule is C/C(=N\OCCSc1nnnn1C)c1ccc(Sc2cc(F)cc(C3CCOCC3)c2)cc1. The molecule has 1 aromatic heterocycles. The summed E-state index contributed by atoms with van der Waals surface area (Å²) in [6.45, 7) is 3.85. The highest BCUT2D eigenvalue weighted by Gasteiger charge is 2.17. The summed E-state index contributed by atoms with van der Waals surface area (Å²) in [6, 6.07) is 13.4. The van der Waals surface area contributed by atoms with Crippen LogP contribution in [0.3, 0.4) is 0 Å². The van der Waals surface area contributed by atoms with Crippen molar-refractivity contribution in [2.75, 3.05) is 25.6 Å². The zero-order valence-corrected chi connectivity index (χ0v) is 20.2. The van der Waals surface area contributed by atoms with E-state index in [4.69, 9.17) is 9.57 Å². The number of oxime groups is 1. The van der Waals surface area contributed by atoms with Gasteiger partial charge in [-0.25, -0.2) is 9.07 Å². The van der Waals surface area contributed by atoms with E-state index in [1.807, 2.05) is 31.2 Å². The number of aromatic nitrogens is 4. The van der Waals surface area contributed by atoms with Crippen LogP contribution >= 0.6 is 23.5 Å². The van der Waals surface area contributed by atoms with E-state index in [9.17, 15) is 4.39 Å². The first-order valence-corrected chi connectivity index (χ1v) is 12.6. The maximum Gasteiger partial charge on any atom is 0.209 e. The quantitative estimate of drug-likeness (QED) is 0.183. The van der Waals surface area contributed by atoms with Crippen LogP contribution in [0.15, 0.2) is 62.6 Å². The van der Waals surface area contributed by atoms with Gasteiger partial charge in [-0.3, -0.25) is 0 Å². The lowest BCUT2D eigenvalue weighted by atomic mass is 9.92. The van der Waals surface area contributed by atoms with Crippen molar-refractivity contribution in [1.29, 1.82) is 0 Å². The van der Waals surface area contributed by atoms with Gasteiger partial charge in [0, 0.05) is 35.8 Å². The zero-order valence-electron chi connectivity index (χ0n) is 18.6. The predicted octanol–water partition coefficient (Wildman–Crippen LogP) is 4.93. The fraction of sp³-hybridized carbons (Fsp3) is 0.391. The molecule has 1 aliphatic rings. The van der Waals surface area contributed by atoms with Gasteiger partial charge < -0.3 is 9.57 Å². The molecule has 0 spiro atoms. The Balaban J connectivity index is 1.31. The Hall–Kier alpha value is -2.43. The number of hydrogen-bond acceptors (Lipinski definition) is 8. The Bertz CT molecular complexity index is 1080. The third-order valence-corrected chi connectivity index (χ3v) is 7.24. The first-order chi connectivity index (χ1) is 16.1. The van der Waals surface area contributed by atoms with E-state index < -0.39 is 0 Å². The summed E-state index contributed by atoms with van der Waals surface area (Å²) in [5.74, 6) is 0.877. The molecule has 0 aliphatic carbocycles. The average molecular weight is 488 g/mol. The highest BCUT2D eigenvalue weighted by Crippen LogP contribution is 2.34. The predicted molar refractivity (Wildman–Crippen MR) is 127 cm³/mol. The van der Waals surface area contributed by atoms with Gasteiger partial charge in [0.15, 0.2) is 0 Å². The Morgan fingerprint density at radius 1 is 1.18 bits per heavy atom. The molecule has 0 atom stereocenters. The molecule has 0 radical (unpaired) electrons. The summed E-state index contributed by atoms with van der Waals surface area (Å²) in [5.41, 5.74) is 2.84. The summed E-state index contributed by atoms with van der Waals surface area (Å²) >= 11 is 3.07. The van der Waals surface area contributed by atoms with Crippen molar-refractivity contribution in [1.82, 2.24) is 20.2 Å². The van der Waals surface area contributed by atoms with Crippen molar-refractivity contribution in [3.63, 3.8) is 0 Å². The minimum absolute atomic E-state index is 0.188. The summed E-state index contributed by atoms with van der Waals surface area (Å²) in [7, 11) is 1.80. The Kier molecular flexibility index (Phi) is 8.35. The molecular formula is C23H26FN5O2S2. The Morgan fingerprint density at radius 2 is 1.97 bits per heavy atom. The van der Waals surface area contributed by atoms with Crippen LogP contribution in [0, 0.1) is 5.82 Å². The molecule has 1 fully saturated rings. The number of rotatable bonds is 9. The number of benzene rings is 2. The molecule has 33 heavy (non-hydrogen) atoms. The summed E-state index contributed by atoms with van der Waals surface area (Å²) in [6.07, 6.45) is 1.89. The number of thioether (sulfide) groups is 1. The lowest BCUT2D eigenvalue weighted by molar-refractivity contribution is 0.0852. The molecule has 4 rings (SSSR count). The number of ether oxygens (including phenoxy) is 1. The second-order valence-electron chi connectivity index (χ2n) is 7.68. The third-order valence-electron chi connectivity index (χ3n) is 5.28. The van der Waals surface area contributed by atoms with E-state index in [1.54, 1.807) is 35.6 Å². The van der Waals surface area contributed by atoms with Gasteiger partial charge in [-0.2, -0.15) is 0 Å². The molecule has 0 amide bonds. The molecule has 7 nitrogen and oxygen atoms in total. The number of tetrazole rings is 1. The highest BCUT2D eigenvalue weighted by atomic mass is 32.2. The van der Waals surface area contributed by atoms with Crippen LogP contribution in [0.1, 0.15) is 36.8 Å². The van der Waals surface area contributed by atoms with Gasteiger partial charge in [0.05, 0.1) is 5.71 Å². The normalized spacial score (nSPS) is 15.1. The molecule has 0 saturated carbocycles. The molecule has 10 heteroatoms. The summed E-state index contributed by atoms with van der Waals surface area (Å²) in [4.78, 5) is 7.39. The summed E-state index contributed by atoms with van der Waals surface area (Å²) < 4.78 is 21.3. The van der Waals surface area contributed by atoms with Gasteiger partial charge in [0.25, 0.3) is 0 Å². The topological polar surface area (TPSA) is 74.4 Å². The molecule has 174 valence electrons. The van der Waals surface area contributed by atoms with Gasteiger partial charge in [-0.15, -0.1) is 5.10 Å². The lowest BCUT2D eigenvalue weighted by Crippen LogP contribution is -2.14. The minimum Gasteiger partial charge on any atom is -0.395 e. The van der Waals surface area contributed by atoms with Crippen molar-refractivity contribution in [2.45, 2.75) is 40.6 Å². The van der Waals surface area contributed by atoms with Crippen molar-refractivity contribution in [3.8, 4) is 0 Å². The van der Waals surface area contributed by atoms with Crippen LogP contribution in [0.4, 0.5) is 4.39 Å². The molecule has 3 aromatic rings. The molecule has 0 unspecified atom stereocenters. The van der Waals surface area contributed by atoms with Crippen LogP contribution in [-0.2, 0) is 16.6 Å². The highest BCUT2D eigenvalue weighted by molar-refractivity contribution is 7.99. The van der Waals surface area contributed by atoms with E-state index in [-0.39, 0.29) is 5.82 Å². The molecule has 1 aliphatic heterocycles. The van der Waals surface area contributed by atoms with E-state index in [1.165, 1.54) is 11.8 Å². The van der Waals surface area contributed by atoms with Crippen molar-refractivity contribution in [3.05, 3.63) is 59.4 Å². The van der Waals surface area contributed by atoms with Crippen molar-refractivity contribution < 1.29 is 14.0 Å². The van der Waals surface area contributed by atoms with Gasteiger partial charge in [-0.05, 0) is 77.6 Å². The van der Waals surface area contributed by atoms with Crippen LogP contribution in [0.5, 0.6) is 0 Å². The van der Waals surface area contributed by atoms with Gasteiger partial charge >= 0.3 is 0 Å². The molecule has 0 N–H and O–H groups in total. The molecule has 2 heterocycles. The Morgan fingerprint density at radius 3 is 2.70 bits per heavy atom. The molecule has 1 saturated heterocycles. The maximum absolute atomic E-state index is 14.2. The molecule has 2 aromatic carbocycles. The van der Waals surface area contributed by atoms with Crippen LogP contribution in [0.25, 0.3) is 0 Å². The third kappa shape index (κ3) is 6.78. The van der Waals surface area contributed by atoms with Crippen molar-refractivity contribution in [2.24, 2.45) is 12.2 Å². The Labute approximate surface area is 201 Å². The van der Waals surface area contributed by atoms with Gasteiger partial charge in [-0.1, -0.05) is 40.8 Å².